The molecular formula is C15H24N2O3. The lowest BCUT2D eigenvalue weighted by atomic mass is 10.2. The molecule has 112 valence electrons. The molecule has 1 atom stereocenters. The largest absolute Gasteiger partial charge is 0.481 e. The highest BCUT2D eigenvalue weighted by Gasteiger charge is 2.14. The standard InChI is InChI=1S/C15H24N2O3/c1-4-17(3)9-8-16-15(19)12(2)20-14-7-5-6-13(10-14)11-18/h5-7,10,12,18H,4,8-9,11H2,1-3H3,(H,16,19). The molecule has 5 nitrogen and oxygen atoms in total. The topological polar surface area (TPSA) is 61.8 Å². The normalized spacial score (nSPS) is 12.2. The van der Waals surface area contributed by atoms with Crippen molar-refractivity contribution in [1.29, 1.82) is 0 Å². The minimum Gasteiger partial charge on any atom is -0.481 e. The molecule has 0 saturated carbocycles. The summed E-state index contributed by atoms with van der Waals surface area (Å²) in [6.45, 7) is 6.12. The predicted octanol–water partition coefficient (Wildman–Crippen LogP) is 1.01. The van der Waals surface area contributed by atoms with Crippen molar-refractivity contribution in [1.82, 2.24) is 10.2 Å². The molecule has 0 heterocycles. The molecule has 0 saturated heterocycles. The van der Waals surface area contributed by atoms with E-state index in [1.165, 1.54) is 0 Å². The maximum atomic E-state index is 11.9. The predicted molar refractivity (Wildman–Crippen MR) is 78.6 cm³/mol. The third-order valence-electron chi connectivity index (χ3n) is 3.10. The number of aliphatic hydroxyl groups is 1. The average molecular weight is 280 g/mol. The van der Waals surface area contributed by atoms with Crippen molar-refractivity contribution in [2.45, 2.75) is 26.6 Å². The van der Waals surface area contributed by atoms with Crippen molar-refractivity contribution in [3.05, 3.63) is 29.8 Å². The van der Waals surface area contributed by atoms with Gasteiger partial charge in [0.15, 0.2) is 6.10 Å². The van der Waals surface area contributed by atoms with Gasteiger partial charge in [0.1, 0.15) is 5.75 Å². The van der Waals surface area contributed by atoms with Crippen LogP contribution in [0.2, 0.25) is 0 Å². The molecule has 5 heteroatoms. The van der Waals surface area contributed by atoms with E-state index in [0.29, 0.717) is 12.3 Å². The van der Waals surface area contributed by atoms with Crippen LogP contribution < -0.4 is 10.1 Å². The van der Waals surface area contributed by atoms with E-state index < -0.39 is 6.10 Å². The summed E-state index contributed by atoms with van der Waals surface area (Å²) >= 11 is 0. The fraction of sp³-hybridized carbons (Fsp3) is 0.533. The Morgan fingerprint density at radius 3 is 2.90 bits per heavy atom. The van der Waals surface area contributed by atoms with E-state index in [1.54, 1.807) is 31.2 Å². The van der Waals surface area contributed by atoms with Crippen molar-refractivity contribution in [2.24, 2.45) is 0 Å². The van der Waals surface area contributed by atoms with Gasteiger partial charge in [-0.2, -0.15) is 0 Å². The summed E-state index contributed by atoms with van der Waals surface area (Å²) in [5, 5.41) is 11.9. The molecule has 1 aromatic carbocycles. The minimum atomic E-state index is -0.559. The molecule has 1 rings (SSSR count). The molecule has 0 aromatic heterocycles. The Balaban J connectivity index is 2.40. The third-order valence-corrected chi connectivity index (χ3v) is 3.10. The maximum Gasteiger partial charge on any atom is 0.260 e. The van der Waals surface area contributed by atoms with Gasteiger partial charge in [0, 0.05) is 13.1 Å². The van der Waals surface area contributed by atoms with Crippen LogP contribution in [-0.4, -0.2) is 48.7 Å². The number of likely N-dealkylation sites (N-methyl/N-ethyl adjacent to an activating group) is 1. The Morgan fingerprint density at radius 1 is 1.50 bits per heavy atom. The molecule has 2 N–H and O–H groups in total. The number of nitrogens with one attached hydrogen (secondary N) is 1. The van der Waals surface area contributed by atoms with Gasteiger partial charge in [-0.15, -0.1) is 0 Å². The lowest BCUT2D eigenvalue weighted by Crippen LogP contribution is -2.40. The molecule has 1 amide bonds. The number of amides is 1. The van der Waals surface area contributed by atoms with Crippen molar-refractivity contribution in [2.75, 3.05) is 26.7 Å². The second-order valence-electron chi connectivity index (χ2n) is 4.75. The van der Waals surface area contributed by atoms with Crippen LogP contribution in [0.3, 0.4) is 0 Å². The van der Waals surface area contributed by atoms with E-state index in [4.69, 9.17) is 9.84 Å². The van der Waals surface area contributed by atoms with Gasteiger partial charge in [0.2, 0.25) is 0 Å². The smallest absolute Gasteiger partial charge is 0.260 e. The molecule has 0 aliphatic rings. The summed E-state index contributed by atoms with van der Waals surface area (Å²) in [4.78, 5) is 14.0. The Morgan fingerprint density at radius 2 is 2.25 bits per heavy atom. The van der Waals surface area contributed by atoms with Crippen molar-refractivity contribution in [3.8, 4) is 5.75 Å². The van der Waals surface area contributed by atoms with E-state index in [0.717, 1.165) is 18.7 Å². The SMILES string of the molecule is CCN(C)CCNC(=O)C(C)Oc1cccc(CO)c1. The zero-order valence-electron chi connectivity index (χ0n) is 12.4. The first-order valence-electron chi connectivity index (χ1n) is 6.89. The third kappa shape index (κ3) is 5.59. The molecule has 0 bridgehead atoms. The number of benzene rings is 1. The summed E-state index contributed by atoms with van der Waals surface area (Å²) in [6.07, 6.45) is -0.559. The average Bonchev–Trinajstić information content (AvgIpc) is 2.46. The summed E-state index contributed by atoms with van der Waals surface area (Å²) in [5.74, 6) is 0.453. The zero-order valence-corrected chi connectivity index (χ0v) is 12.4. The summed E-state index contributed by atoms with van der Waals surface area (Å²) in [6, 6.07) is 7.10. The van der Waals surface area contributed by atoms with Crippen molar-refractivity contribution < 1.29 is 14.6 Å². The van der Waals surface area contributed by atoms with Crippen LogP contribution in [0.5, 0.6) is 5.75 Å². The quantitative estimate of drug-likeness (QED) is 0.746. The van der Waals surface area contributed by atoms with Crippen molar-refractivity contribution in [3.63, 3.8) is 0 Å². The van der Waals surface area contributed by atoms with Crippen LogP contribution in [0.1, 0.15) is 19.4 Å². The monoisotopic (exact) mass is 280 g/mol. The number of carbonyl (C=O) groups excluding carboxylic acids is 1. The lowest BCUT2D eigenvalue weighted by molar-refractivity contribution is -0.127. The Bertz CT molecular complexity index is 423. The Kier molecular flexibility index (Phi) is 7.04. The lowest BCUT2D eigenvalue weighted by Gasteiger charge is -2.17. The highest BCUT2D eigenvalue weighted by atomic mass is 16.5. The molecule has 0 aliphatic heterocycles. The van der Waals surface area contributed by atoms with E-state index in [9.17, 15) is 4.79 Å². The second-order valence-corrected chi connectivity index (χ2v) is 4.75. The second kappa shape index (κ2) is 8.55. The highest BCUT2D eigenvalue weighted by Crippen LogP contribution is 2.14. The van der Waals surface area contributed by atoms with E-state index in [2.05, 4.69) is 17.1 Å². The summed E-state index contributed by atoms with van der Waals surface area (Å²) in [5.41, 5.74) is 0.764. The van der Waals surface area contributed by atoms with Crippen molar-refractivity contribution >= 4 is 5.91 Å². The minimum absolute atomic E-state index is 0.0405. The fourth-order valence-corrected chi connectivity index (χ4v) is 1.65. The molecule has 0 aliphatic carbocycles. The number of nitrogens with zero attached hydrogens (tertiary/aromatic N) is 1. The van der Waals surface area contributed by atoms with Gasteiger partial charge in [-0.25, -0.2) is 0 Å². The summed E-state index contributed by atoms with van der Waals surface area (Å²) in [7, 11) is 2.01. The van der Waals surface area contributed by atoms with Crippen LogP contribution >= 0.6 is 0 Å². The van der Waals surface area contributed by atoms with E-state index >= 15 is 0 Å². The number of carbonyl (C=O) groups is 1. The van der Waals surface area contributed by atoms with Gasteiger partial charge in [-0.3, -0.25) is 4.79 Å². The zero-order chi connectivity index (χ0) is 15.0. The van der Waals surface area contributed by atoms with Gasteiger partial charge >= 0.3 is 0 Å². The molecule has 1 aromatic rings. The molecule has 0 spiro atoms. The van der Waals surface area contributed by atoms with Gasteiger partial charge in [0.25, 0.3) is 5.91 Å². The van der Waals surface area contributed by atoms with E-state index in [1.807, 2.05) is 7.05 Å². The van der Waals surface area contributed by atoms with Crippen LogP contribution in [0.25, 0.3) is 0 Å². The number of hydrogen-bond donors (Lipinski definition) is 2. The number of aliphatic hydroxyl groups excluding tert-OH is 1. The molecule has 0 radical (unpaired) electrons. The first-order chi connectivity index (χ1) is 9.56. The highest BCUT2D eigenvalue weighted by molar-refractivity contribution is 5.80. The number of ether oxygens (including phenoxy) is 1. The Labute approximate surface area is 120 Å². The van der Waals surface area contributed by atoms with Gasteiger partial charge in [-0.1, -0.05) is 19.1 Å². The first kappa shape index (κ1) is 16.5. The van der Waals surface area contributed by atoms with Gasteiger partial charge < -0.3 is 20.1 Å². The first-order valence-corrected chi connectivity index (χ1v) is 6.89. The van der Waals surface area contributed by atoms with Crippen LogP contribution in [0.4, 0.5) is 0 Å². The van der Waals surface area contributed by atoms with Crippen LogP contribution in [0, 0.1) is 0 Å². The molecule has 20 heavy (non-hydrogen) atoms. The number of hydrogen-bond acceptors (Lipinski definition) is 4. The summed E-state index contributed by atoms with van der Waals surface area (Å²) < 4.78 is 5.57. The molecule has 0 fully saturated rings. The van der Waals surface area contributed by atoms with Gasteiger partial charge in [0.05, 0.1) is 6.61 Å². The number of rotatable bonds is 8. The molecular weight excluding hydrogens is 256 g/mol. The Hall–Kier alpha value is -1.59. The molecule has 1 unspecified atom stereocenters. The van der Waals surface area contributed by atoms with Crippen LogP contribution in [0.15, 0.2) is 24.3 Å². The van der Waals surface area contributed by atoms with E-state index in [-0.39, 0.29) is 12.5 Å². The van der Waals surface area contributed by atoms with Gasteiger partial charge in [-0.05, 0) is 38.2 Å². The maximum absolute atomic E-state index is 11.9. The van der Waals surface area contributed by atoms with Crippen LogP contribution in [-0.2, 0) is 11.4 Å². The fourth-order valence-electron chi connectivity index (χ4n) is 1.65.